The molecule has 0 N–H and O–H groups in total. The van der Waals surface area contributed by atoms with Crippen LogP contribution in [0.4, 0.5) is 0 Å². The SMILES string of the molecule is C=NC(=C(/CC)C(C)(C)C)/C(=N\C(=C)C(C)(C)C)N(C)CC. The topological polar surface area (TPSA) is 28.0 Å². The van der Waals surface area contributed by atoms with Crippen LogP contribution in [0.1, 0.15) is 61.8 Å². The van der Waals surface area contributed by atoms with E-state index in [1.54, 1.807) is 0 Å². The minimum Gasteiger partial charge on any atom is -0.358 e. The molecule has 0 aliphatic carbocycles. The molecule has 0 heterocycles. The molecule has 0 amide bonds. The number of likely N-dealkylation sites (N-methyl/N-ethyl adjacent to an activating group) is 1. The van der Waals surface area contributed by atoms with Crippen molar-refractivity contribution >= 4 is 12.6 Å². The monoisotopic (exact) mass is 305 g/mol. The van der Waals surface area contributed by atoms with Crippen LogP contribution in [-0.4, -0.2) is 31.0 Å². The van der Waals surface area contributed by atoms with E-state index in [4.69, 9.17) is 4.99 Å². The van der Waals surface area contributed by atoms with Gasteiger partial charge in [0.1, 0.15) is 5.70 Å². The molecule has 0 aliphatic heterocycles. The molecule has 0 atom stereocenters. The number of amidine groups is 1. The molecule has 0 saturated heterocycles. The number of hydrogen-bond donors (Lipinski definition) is 0. The fraction of sp³-hybridized carbons (Fsp3) is 0.684. The second kappa shape index (κ2) is 7.75. The van der Waals surface area contributed by atoms with Crippen molar-refractivity contribution in [3.8, 4) is 0 Å². The van der Waals surface area contributed by atoms with Crippen LogP contribution in [0.25, 0.3) is 0 Å². The molecule has 0 bridgehead atoms. The Balaban J connectivity index is 6.30. The molecule has 0 fully saturated rings. The first kappa shape index (κ1) is 20.6. The zero-order valence-electron chi connectivity index (χ0n) is 16.2. The molecule has 0 radical (unpaired) electrons. The van der Waals surface area contributed by atoms with E-state index in [0.29, 0.717) is 0 Å². The maximum absolute atomic E-state index is 4.83. The minimum atomic E-state index is -0.0692. The normalized spacial score (nSPS) is 14.5. The van der Waals surface area contributed by atoms with E-state index in [9.17, 15) is 0 Å². The summed E-state index contributed by atoms with van der Waals surface area (Å²) >= 11 is 0. The Kier molecular flexibility index (Phi) is 7.27. The Morgan fingerprint density at radius 3 is 1.77 bits per heavy atom. The van der Waals surface area contributed by atoms with E-state index in [1.165, 1.54) is 5.57 Å². The molecule has 0 aromatic carbocycles. The van der Waals surface area contributed by atoms with Gasteiger partial charge in [0.2, 0.25) is 0 Å². The first-order valence-electron chi connectivity index (χ1n) is 8.10. The van der Waals surface area contributed by atoms with Crippen LogP contribution in [0.2, 0.25) is 0 Å². The summed E-state index contributed by atoms with van der Waals surface area (Å²) in [5.74, 6) is 0.865. The van der Waals surface area contributed by atoms with Crippen LogP contribution >= 0.6 is 0 Å². The number of aliphatic imine (C=N–C) groups is 2. The first-order chi connectivity index (χ1) is 9.89. The van der Waals surface area contributed by atoms with Crippen LogP contribution < -0.4 is 0 Å². The lowest BCUT2D eigenvalue weighted by Gasteiger charge is -2.29. The van der Waals surface area contributed by atoms with E-state index in [-0.39, 0.29) is 10.8 Å². The molecular formula is C19H35N3. The van der Waals surface area contributed by atoms with Crippen LogP contribution in [-0.2, 0) is 0 Å². The predicted octanol–water partition coefficient (Wildman–Crippen LogP) is 5.31. The van der Waals surface area contributed by atoms with Gasteiger partial charge in [-0.3, -0.25) is 4.99 Å². The highest BCUT2D eigenvalue weighted by Crippen LogP contribution is 2.33. The zero-order valence-corrected chi connectivity index (χ0v) is 16.2. The van der Waals surface area contributed by atoms with Crippen molar-refractivity contribution in [3.63, 3.8) is 0 Å². The number of nitrogens with zero attached hydrogens (tertiary/aromatic N) is 3. The standard InChI is InChI=1S/C19H35N3/c1-12-15(19(7,8)9)16(20-10)17(22(11)13-2)21-14(3)18(4,5)6/h3,10,12-13H2,1-2,4-9,11H3/b16-15-,21-17+. The van der Waals surface area contributed by atoms with Crippen molar-refractivity contribution in [1.29, 1.82) is 0 Å². The summed E-state index contributed by atoms with van der Waals surface area (Å²) in [6.45, 7) is 26.1. The largest absolute Gasteiger partial charge is 0.358 e. The first-order valence-corrected chi connectivity index (χ1v) is 8.10. The van der Waals surface area contributed by atoms with Gasteiger partial charge in [-0.1, -0.05) is 55.0 Å². The van der Waals surface area contributed by atoms with Crippen LogP contribution in [0.5, 0.6) is 0 Å². The molecule has 0 aliphatic rings. The molecule has 3 nitrogen and oxygen atoms in total. The molecule has 0 unspecified atom stereocenters. The van der Waals surface area contributed by atoms with Gasteiger partial charge in [0, 0.05) is 24.7 Å². The summed E-state index contributed by atoms with van der Waals surface area (Å²) in [6.07, 6.45) is 0.927. The maximum atomic E-state index is 4.83. The maximum Gasteiger partial charge on any atom is 0.154 e. The van der Waals surface area contributed by atoms with Crippen LogP contribution in [0.3, 0.4) is 0 Å². The second-order valence-corrected chi connectivity index (χ2v) is 7.74. The molecule has 0 spiro atoms. The lowest BCUT2D eigenvalue weighted by atomic mass is 9.83. The van der Waals surface area contributed by atoms with Gasteiger partial charge in [0.15, 0.2) is 5.84 Å². The third-order valence-electron chi connectivity index (χ3n) is 3.86. The van der Waals surface area contributed by atoms with Crippen molar-refractivity contribution in [2.24, 2.45) is 20.8 Å². The lowest BCUT2D eigenvalue weighted by Crippen LogP contribution is -2.30. The predicted molar refractivity (Wildman–Crippen MR) is 101 cm³/mol. The molecule has 0 aromatic heterocycles. The summed E-state index contributed by atoms with van der Waals surface area (Å²) in [5, 5.41) is 0. The molecule has 0 rings (SSSR count). The third kappa shape index (κ3) is 5.43. The van der Waals surface area contributed by atoms with Crippen LogP contribution in [0.15, 0.2) is 33.5 Å². The van der Waals surface area contributed by atoms with Gasteiger partial charge >= 0.3 is 0 Å². The minimum absolute atomic E-state index is 0.0314. The van der Waals surface area contributed by atoms with E-state index < -0.39 is 0 Å². The summed E-state index contributed by atoms with van der Waals surface area (Å²) < 4.78 is 0. The molecule has 0 aromatic rings. The van der Waals surface area contributed by atoms with Gasteiger partial charge in [0.05, 0.1) is 0 Å². The van der Waals surface area contributed by atoms with Gasteiger partial charge in [0.25, 0.3) is 0 Å². The van der Waals surface area contributed by atoms with E-state index in [1.807, 2.05) is 7.05 Å². The Morgan fingerprint density at radius 2 is 1.50 bits per heavy atom. The van der Waals surface area contributed by atoms with Gasteiger partial charge in [-0.25, -0.2) is 4.99 Å². The van der Waals surface area contributed by atoms with Gasteiger partial charge in [-0.15, -0.1) is 0 Å². The lowest BCUT2D eigenvalue weighted by molar-refractivity contribution is 0.475. The van der Waals surface area contributed by atoms with Gasteiger partial charge in [-0.05, 0) is 31.1 Å². The number of hydrogen-bond acceptors (Lipinski definition) is 2. The highest BCUT2D eigenvalue weighted by molar-refractivity contribution is 6.00. The molecule has 0 saturated carbocycles. The van der Waals surface area contributed by atoms with Gasteiger partial charge < -0.3 is 4.90 Å². The molecular weight excluding hydrogens is 270 g/mol. The van der Waals surface area contributed by atoms with Crippen molar-refractivity contribution < 1.29 is 0 Å². The van der Waals surface area contributed by atoms with Crippen molar-refractivity contribution in [2.75, 3.05) is 13.6 Å². The van der Waals surface area contributed by atoms with E-state index in [2.05, 4.69) is 78.6 Å². The second-order valence-electron chi connectivity index (χ2n) is 7.74. The zero-order chi connectivity index (χ0) is 17.7. The average molecular weight is 306 g/mol. The van der Waals surface area contributed by atoms with Crippen molar-refractivity contribution in [1.82, 2.24) is 4.90 Å². The molecule has 126 valence electrons. The smallest absolute Gasteiger partial charge is 0.154 e. The Bertz CT molecular complexity index is 468. The average Bonchev–Trinajstić information content (AvgIpc) is 2.38. The highest BCUT2D eigenvalue weighted by Gasteiger charge is 2.25. The van der Waals surface area contributed by atoms with Crippen LogP contribution in [0, 0.1) is 10.8 Å². The third-order valence-corrected chi connectivity index (χ3v) is 3.86. The molecule has 3 heteroatoms. The Labute approximate surface area is 137 Å². The Morgan fingerprint density at radius 1 is 1.00 bits per heavy atom. The molecule has 22 heavy (non-hydrogen) atoms. The summed E-state index contributed by atoms with van der Waals surface area (Å²) in [4.78, 5) is 11.3. The summed E-state index contributed by atoms with van der Waals surface area (Å²) in [6, 6.07) is 0. The van der Waals surface area contributed by atoms with E-state index >= 15 is 0 Å². The van der Waals surface area contributed by atoms with E-state index in [0.717, 1.165) is 30.2 Å². The summed E-state index contributed by atoms with van der Waals surface area (Å²) in [5.41, 5.74) is 2.98. The van der Waals surface area contributed by atoms with Crippen molar-refractivity contribution in [3.05, 3.63) is 23.5 Å². The van der Waals surface area contributed by atoms with Crippen molar-refractivity contribution in [2.45, 2.75) is 61.8 Å². The van der Waals surface area contributed by atoms with Gasteiger partial charge in [-0.2, -0.15) is 0 Å². The fourth-order valence-corrected chi connectivity index (χ4v) is 2.12. The Hall–Kier alpha value is -1.38. The summed E-state index contributed by atoms with van der Waals surface area (Å²) in [7, 11) is 2.04. The highest BCUT2D eigenvalue weighted by atomic mass is 15.2. The number of allylic oxidation sites excluding steroid dienone is 2. The quantitative estimate of drug-likeness (QED) is 0.500. The fourth-order valence-electron chi connectivity index (χ4n) is 2.12. The number of rotatable bonds is 5.